The van der Waals surface area contributed by atoms with Crippen LogP contribution in [0.25, 0.3) is 22.2 Å². The number of rotatable bonds is 6. The van der Waals surface area contributed by atoms with Gasteiger partial charge in [-0.15, -0.1) is 0 Å². The van der Waals surface area contributed by atoms with Crippen molar-refractivity contribution >= 4 is 37.9 Å². The standard InChI is InChI=1S/C21H22N4O2S/c1-2-3-9-14-25-20(22)19(28(26,27)15-10-5-4-6-11-15)18-21(25)24-17-13-8-7-12-16(17)23-18/h4-8,10-13H,2-3,9,14,22H2,1H3. The molecule has 0 aliphatic heterocycles. The molecule has 0 spiro atoms. The van der Waals surface area contributed by atoms with Crippen LogP contribution >= 0.6 is 0 Å². The van der Waals surface area contributed by atoms with E-state index in [1.807, 2.05) is 24.3 Å². The molecule has 2 aromatic heterocycles. The Kier molecular flexibility index (Phi) is 4.77. The highest BCUT2D eigenvalue weighted by Gasteiger charge is 2.29. The number of nitrogens with zero attached hydrogens (tertiary/aromatic N) is 3. The first kappa shape index (κ1) is 18.4. The van der Waals surface area contributed by atoms with Crippen LogP contribution in [0, 0.1) is 0 Å². The van der Waals surface area contributed by atoms with Gasteiger partial charge in [-0.05, 0) is 30.7 Å². The van der Waals surface area contributed by atoms with E-state index in [4.69, 9.17) is 10.7 Å². The molecule has 2 aromatic carbocycles. The van der Waals surface area contributed by atoms with Crippen molar-refractivity contribution in [3.8, 4) is 0 Å². The highest BCUT2D eigenvalue weighted by atomic mass is 32.2. The van der Waals surface area contributed by atoms with Gasteiger partial charge in [0.15, 0.2) is 5.65 Å². The van der Waals surface area contributed by atoms with Crippen LogP contribution in [-0.2, 0) is 16.4 Å². The number of nitrogens with two attached hydrogens (primary N) is 1. The van der Waals surface area contributed by atoms with Crippen LogP contribution in [-0.4, -0.2) is 23.0 Å². The SMILES string of the molecule is CCCCCn1c(N)c(S(=O)(=O)c2ccccc2)c2nc3ccccc3nc21. The summed E-state index contributed by atoms with van der Waals surface area (Å²) in [5.74, 6) is 0.199. The molecule has 0 bridgehead atoms. The van der Waals surface area contributed by atoms with Gasteiger partial charge >= 0.3 is 0 Å². The fourth-order valence-corrected chi connectivity index (χ4v) is 4.95. The summed E-state index contributed by atoms with van der Waals surface area (Å²) in [6.07, 6.45) is 2.98. The summed E-state index contributed by atoms with van der Waals surface area (Å²) in [7, 11) is -3.82. The molecule has 144 valence electrons. The Balaban J connectivity index is 2.02. The summed E-state index contributed by atoms with van der Waals surface area (Å²) in [4.78, 5) is 9.58. The van der Waals surface area contributed by atoms with Crippen LogP contribution in [0.4, 0.5) is 5.82 Å². The van der Waals surface area contributed by atoms with Crippen molar-refractivity contribution < 1.29 is 8.42 Å². The van der Waals surface area contributed by atoms with Crippen LogP contribution in [0.1, 0.15) is 26.2 Å². The van der Waals surface area contributed by atoms with Crippen molar-refractivity contribution in [3.63, 3.8) is 0 Å². The van der Waals surface area contributed by atoms with Crippen molar-refractivity contribution in [1.82, 2.24) is 14.5 Å². The third-order valence-electron chi connectivity index (χ3n) is 4.85. The zero-order chi connectivity index (χ0) is 19.7. The van der Waals surface area contributed by atoms with Gasteiger partial charge in [-0.25, -0.2) is 18.4 Å². The molecule has 7 heteroatoms. The fraction of sp³-hybridized carbons (Fsp3) is 0.238. The van der Waals surface area contributed by atoms with Gasteiger partial charge in [0.1, 0.15) is 16.2 Å². The van der Waals surface area contributed by atoms with Gasteiger partial charge in [-0.2, -0.15) is 0 Å². The van der Waals surface area contributed by atoms with E-state index in [2.05, 4.69) is 11.9 Å². The van der Waals surface area contributed by atoms with Gasteiger partial charge in [-0.3, -0.25) is 0 Å². The molecule has 0 radical (unpaired) electrons. The minimum absolute atomic E-state index is 0.0449. The van der Waals surface area contributed by atoms with Gasteiger partial charge < -0.3 is 10.3 Å². The molecule has 0 aliphatic carbocycles. The molecule has 0 aliphatic rings. The number of fused-ring (bicyclic) bond motifs is 2. The van der Waals surface area contributed by atoms with Crippen molar-refractivity contribution in [3.05, 3.63) is 54.6 Å². The lowest BCUT2D eigenvalue weighted by Gasteiger charge is -2.08. The largest absolute Gasteiger partial charge is 0.384 e. The van der Waals surface area contributed by atoms with Gasteiger partial charge in [0, 0.05) is 6.54 Å². The number of unbranched alkanes of at least 4 members (excludes halogenated alkanes) is 2. The average Bonchev–Trinajstić information content (AvgIpc) is 2.98. The van der Waals surface area contributed by atoms with Crippen LogP contribution < -0.4 is 5.73 Å². The number of aromatic nitrogens is 3. The number of sulfone groups is 1. The summed E-state index contributed by atoms with van der Waals surface area (Å²) in [5, 5.41) is 0. The van der Waals surface area contributed by atoms with Crippen molar-refractivity contribution in [2.45, 2.75) is 42.5 Å². The van der Waals surface area contributed by atoms with E-state index in [0.717, 1.165) is 19.3 Å². The number of anilines is 1. The second-order valence-electron chi connectivity index (χ2n) is 6.77. The Morgan fingerprint density at radius 2 is 1.57 bits per heavy atom. The summed E-state index contributed by atoms with van der Waals surface area (Å²) in [6, 6.07) is 15.8. The highest BCUT2D eigenvalue weighted by molar-refractivity contribution is 7.92. The topological polar surface area (TPSA) is 90.9 Å². The molecule has 2 heterocycles. The molecule has 4 aromatic rings. The monoisotopic (exact) mass is 394 g/mol. The number of benzene rings is 2. The molecule has 0 amide bonds. The predicted molar refractivity (Wildman–Crippen MR) is 111 cm³/mol. The lowest BCUT2D eigenvalue weighted by molar-refractivity contribution is 0.594. The number of nitrogen functional groups attached to an aromatic ring is 1. The van der Waals surface area contributed by atoms with Gasteiger partial charge in [0.05, 0.1) is 15.9 Å². The third-order valence-corrected chi connectivity index (χ3v) is 6.69. The molecule has 0 unspecified atom stereocenters. The van der Waals surface area contributed by atoms with E-state index < -0.39 is 9.84 Å². The molecular formula is C21H22N4O2S. The first-order valence-corrected chi connectivity index (χ1v) is 10.9. The molecule has 0 saturated carbocycles. The van der Waals surface area contributed by atoms with E-state index >= 15 is 0 Å². The van der Waals surface area contributed by atoms with Crippen molar-refractivity contribution in [1.29, 1.82) is 0 Å². The number of hydrogen-bond acceptors (Lipinski definition) is 5. The molecule has 28 heavy (non-hydrogen) atoms. The number of hydrogen-bond donors (Lipinski definition) is 1. The van der Waals surface area contributed by atoms with Gasteiger partial charge in [0.2, 0.25) is 9.84 Å². The second-order valence-corrected chi connectivity index (χ2v) is 8.66. The molecule has 0 saturated heterocycles. The zero-order valence-corrected chi connectivity index (χ0v) is 16.5. The molecule has 0 atom stereocenters. The molecular weight excluding hydrogens is 372 g/mol. The molecule has 6 nitrogen and oxygen atoms in total. The number of aryl methyl sites for hydroxylation is 1. The Labute approximate surface area is 164 Å². The summed E-state index contributed by atoms with van der Waals surface area (Å²) in [6.45, 7) is 2.73. The average molecular weight is 395 g/mol. The van der Waals surface area contributed by atoms with Crippen LogP contribution in [0.5, 0.6) is 0 Å². The quantitative estimate of drug-likeness (QED) is 0.495. The number of para-hydroxylation sites is 2. The minimum Gasteiger partial charge on any atom is -0.384 e. The maximum atomic E-state index is 13.4. The van der Waals surface area contributed by atoms with Gasteiger partial charge in [-0.1, -0.05) is 50.1 Å². The van der Waals surface area contributed by atoms with Crippen LogP contribution in [0.2, 0.25) is 0 Å². The lowest BCUT2D eigenvalue weighted by atomic mass is 10.2. The Bertz CT molecular complexity index is 1250. The fourth-order valence-electron chi connectivity index (χ4n) is 3.42. The van der Waals surface area contributed by atoms with Crippen molar-refractivity contribution in [2.24, 2.45) is 0 Å². The maximum Gasteiger partial charge on any atom is 0.212 e. The third kappa shape index (κ3) is 3.01. The Morgan fingerprint density at radius 3 is 2.25 bits per heavy atom. The normalized spacial score (nSPS) is 12.0. The van der Waals surface area contributed by atoms with E-state index in [0.29, 0.717) is 28.7 Å². The molecule has 0 fully saturated rings. The molecule has 4 rings (SSSR count). The van der Waals surface area contributed by atoms with Gasteiger partial charge in [0.25, 0.3) is 0 Å². The second kappa shape index (κ2) is 7.24. The Morgan fingerprint density at radius 1 is 0.929 bits per heavy atom. The van der Waals surface area contributed by atoms with Crippen LogP contribution in [0.15, 0.2) is 64.4 Å². The van der Waals surface area contributed by atoms with Crippen LogP contribution in [0.3, 0.4) is 0 Å². The minimum atomic E-state index is -3.82. The smallest absolute Gasteiger partial charge is 0.212 e. The zero-order valence-electron chi connectivity index (χ0n) is 15.7. The lowest BCUT2D eigenvalue weighted by Crippen LogP contribution is -2.08. The molecule has 2 N–H and O–H groups in total. The highest BCUT2D eigenvalue weighted by Crippen LogP contribution is 2.35. The summed E-state index contributed by atoms with van der Waals surface area (Å²) < 4.78 is 28.6. The van der Waals surface area contributed by atoms with E-state index in [9.17, 15) is 8.42 Å². The first-order valence-electron chi connectivity index (χ1n) is 9.38. The van der Waals surface area contributed by atoms with E-state index in [-0.39, 0.29) is 15.6 Å². The predicted octanol–water partition coefficient (Wildman–Crippen LogP) is 4.19. The van der Waals surface area contributed by atoms with E-state index in [1.165, 1.54) is 0 Å². The first-order chi connectivity index (χ1) is 13.5. The van der Waals surface area contributed by atoms with Crippen molar-refractivity contribution in [2.75, 3.05) is 5.73 Å². The Hall–Kier alpha value is -2.93. The summed E-state index contributed by atoms with van der Waals surface area (Å²) >= 11 is 0. The van der Waals surface area contributed by atoms with E-state index in [1.54, 1.807) is 34.9 Å². The maximum absolute atomic E-state index is 13.4. The summed E-state index contributed by atoms with van der Waals surface area (Å²) in [5.41, 5.74) is 8.59.